The van der Waals surface area contributed by atoms with Crippen molar-refractivity contribution < 1.29 is 4.42 Å². The van der Waals surface area contributed by atoms with Crippen molar-refractivity contribution in [2.75, 3.05) is 7.05 Å². The van der Waals surface area contributed by atoms with E-state index in [1.54, 1.807) is 17.4 Å². The SMILES string of the molecule is CNC(c1ccc(Cl)o1)c1ccsc1C. The second-order valence-electron chi connectivity index (χ2n) is 3.30. The van der Waals surface area contributed by atoms with Gasteiger partial charge in [-0.2, -0.15) is 0 Å². The summed E-state index contributed by atoms with van der Waals surface area (Å²) in [7, 11) is 1.91. The number of thiophene rings is 1. The molecule has 1 N–H and O–H groups in total. The molecule has 0 amide bonds. The molecule has 2 aromatic rings. The summed E-state index contributed by atoms with van der Waals surface area (Å²) in [6, 6.07) is 5.87. The van der Waals surface area contributed by atoms with Crippen molar-refractivity contribution in [3.8, 4) is 0 Å². The molecule has 0 spiro atoms. The van der Waals surface area contributed by atoms with Crippen LogP contribution >= 0.6 is 22.9 Å². The number of hydrogen-bond acceptors (Lipinski definition) is 3. The van der Waals surface area contributed by atoms with E-state index in [-0.39, 0.29) is 6.04 Å². The molecular weight excluding hydrogens is 230 g/mol. The molecule has 2 aromatic heterocycles. The van der Waals surface area contributed by atoms with Crippen LogP contribution in [-0.2, 0) is 0 Å². The zero-order valence-corrected chi connectivity index (χ0v) is 10.2. The molecule has 0 aliphatic carbocycles. The summed E-state index contributed by atoms with van der Waals surface area (Å²) in [6.07, 6.45) is 0. The predicted molar refractivity (Wildman–Crippen MR) is 63.7 cm³/mol. The quantitative estimate of drug-likeness (QED) is 0.888. The number of aryl methyl sites for hydroxylation is 1. The number of furan rings is 1. The maximum atomic E-state index is 5.77. The summed E-state index contributed by atoms with van der Waals surface area (Å²) in [6.45, 7) is 2.11. The third kappa shape index (κ3) is 2.09. The van der Waals surface area contributed by atoms with Gasteiger partial charge in [0.15, 0.2) is 5.22 Å². The maximum absolute atomic E-state index is 5.77. The van der Waals surface area contributed by atoms with E-state index in [1.807, 2.05) is 13.1 Å². The average molecular weight is 242 g/mol. The first-order valence-corrected chi connectivity index (χ1v) is 5.94. The topological polar surface area (TPSA) is 25.2 Å². The van der Waals surface area contributed by atoms with Crippen molar-refractivity contribution in [2.45, 2.75) is 13.0 Å². The Morgan fingerprint density at radius 2 is 2.20 bits per heavy atom. The highest BCUT2D eigenvalue weighted by atomic mass is 35.5. The van der Waals surface area contributed by atoms with Crippen LogP contribution in [0.3, 0.4) is 0 Å². The Labute approximate surface area is 97.9 Å². The Morgan fingerprint density at radius 1 is 1.40 bits per heavy atom. The monoisotopic (exact) mass is 241 g/mol. The van der Waals surface area contributed by atoms with Crippen LogP contribution in [0.4, 0.5) is 0 Å². The Kier molecular flexibility index (Phi) is 3.14. The molecule has 2 heterocycles. The van der Waals surface area contributed by atoms with Gasteiger partial charge in [-0.1, -0.05) is 0 Å². The van der Waals surface area contributed by atoms with Crippen molar-refractivity contribution in [1.82, 2.24) is 5.32 Å². The largest absolute Gasteiger partial charge is 0.448 e. The minimum absolute atomic E-state index is 0.0868. The number of rotatable bonds is 3. The van der Waals surface area contributed by atoms with Crippen LogP contribution < -0.4 is 5.32 Å². The zero-order valence-electron chi connectivity index (χ0n) is 8.58. The molecule has 4 heteroatoms. The second kappa shape index (κ2) is 4.39. The summed E-state index contributed by atoms with van der Waals surface area (Å²) in [5.41, 5.74) is 1.24. The van der Waals surface area contributed by atoms with Crippen LogP contribution in [0.5, 0.6) is 0 Å². The van der Waals surface area contributed by atoms with E-state index in [4.69, 9.17) is 16.0 Å². The van der Waals surface area contributed by atoms with Crippen molar-refractivity contribution in [3.63, 3.8) is 0 Å². The van der Waals surface area contributed by atoms with Crippen molar-refractivity contribution in [2.24, 2.45) is 0 Å². The third-order valence-corrected chi connectivity index (χ3v) is 3.44. The fourth-order valence-corrected chi connectivity index (χ4v) is 2.52. The van der Waals surface area contributed by atoms with Gasteiger partial charge in [-0.05, 0) is 54.7 Å². The Morgan fingerprint density at radius 3 is 2.67 bits per heavy atom. The van der Waals surface area contributed by atoms with E-state index in [2.05, 4.69) is 23.7 Å². The highest BCUT2D eigenvalue weighted by Crippen LogP contribution is 2.29. The maximum Gasteiger partial charge on any atom is 0.193 e. The fraction of sp³-hybridized carbons (Fsp3) is 0.273. The zero-order chi connectivity index (χ0) is 10.8. The minimum atomic E-state index is 0.0868. The molecule has 0 aromatic carbocycles. The lowest BCUT2D eigenvalue weighted by atomic mass is 10.1. The summed E-state index contributed by atoms with van der Waals surface area (Å²) in [5, 5.41) is 5.74. The molecule has 2 rings (SSSR count). The normalized spacial score (nSPS) is 13.0. The van der Waals surface area contributed by atoms with E-state index in [1.165, 1.54) is 10.4 Å². The molecule has 0 fully saturated rings. The van der Waals surface area contributed by atoms with Gasteiger partial charge in [0, 0.05) is 4.88 Å². The molecule has 0 aliphatic heterocycles. The van der Waals surface area contributed by atoms with Crippen LogP contribution in [0.1, 0.15) is 22.2 Å². The van der Waals surface area contributed by atoms with E-state index in [0.717, 1.165) is 5.76 Å². The molecule has 0 saturated heterocycles. The first kappa shape index (κ1) is 10.7. The molecule has 1 atom stereocenters. The van der Waals surface area contributed by atoms with E-state index >= 15 is 0 Å². The van der Waals surface area contributed by atoms with Crippen LogP contribution in [0.15, 0.2) is 28.0 Å². The van der Waals surface area contributed by atoms with E-state index < -0.39 is 0 Å². The highest BCUT2D eigenvalue weighted by Gasteiger charge is 2.18. The summed E-state index contributed by atoms with van der Waals surface area (Å²) >= 11 is 7.51. The minimum Gasteiger partial charge on any atom is -0.448 e. The van der Waals surface area contributed by atoms with Crippen LogP contribution in [0.25, 0.3) is 0 Å². The Bertz CT molecular complexity index is 449. The second-order valence-corrected chi connectivity index (χ2v) is 4.79. The van der Waals surface area contributed by atoms with Crippen LogP contribution in [0.2, 0.25) is 5.22 Å². The summed E-state index contributed by atoms with van der Waals surface area (Å²) in [4.78, 5) is 1.29. The van der Waals surface area contributed by atoms with Gasteiger partial charge in [0.1, 0.15) is 5.76 Å². The van der Waals surface area contributed by atoms with Gasteiger partial charge in [-0.15, -0.1) is 11.3 Å². The number of nitrogens with one attached hydrogen (secondary N) is 1. The van der Waals surface area contributed by atoms with Crippen LogP contribution in [0, 0.1) is 6.92 Å². The molecule has 0 radical (unpaired) electrons. The van der Waals surface area contributed by atoms with Crippen molar-refractivity contribution >= 4 is 22.9 Å². The highest BCUT2D eigenvalue weighted by molar-refractivity contribution is 7.10. The first-order chi connectivity index (χ1) is 7.22. The fourth-order valence-electron chi connectivity index (χ4n) is 1.63. The molecule has 1 unspecified atom stereocenters. The summed E-state index contributed by atoms with van der Waals surface area (Å²) in [5.74, 6) is 0.851. The van der Waals surface area contributed by atoms with Crippen molar-refractivity contribution in [1.29, 1.82) is 0 Å². The molecule has 80 valence electrons. The molecular formula is C11H12ClNOS. The smallest absolute Gasteiger partial charge is 0.193 e. The lowest BCUT2D eigenvalue weighted by molar-refractivity contribution is 0.464. The standard InChI is InChI=1S/C11H12ClNOS/c1-7-8(5-6-15-7)11(13-2)9-3-4-10(12)14-9/h3-6,11,13H,1-2H3. The van der Waals surface area contributed by atoms with E-state index in [9.17, 15) is 0 Å². The lowest BCUT2D eigenvalue weighted by Gasteiger charge is -2.13. The summed E-state index contributed by atoms with van der Waals surface area (Å²) < 4.78 is 5.42. The van der Waals surface area contributed by atoms with Gasteiger partial charge in [-0.3, -0.25) is 0 Å². The van der Waals surface area contributed by atoms with Gasteiger partial charge in [0.05, 0.1) is 6.04 Å². The molecule has 0 aliphatic rings. The van der Waals surface area contributed by atoms with Gasteiger partial charge in [-0.25, -0.2) is 0 Å². The van der Waals surface area contributed by atoms with Crippen molar-refractivity contribution in [3.05, 3.63) is 45.0 Å². The molecule has 15 heavy (non-hydrogen) atoms. The predicted octanol–water partition coefficient (Wildman–Crippen LogP) is 3.61. The number of halogens is 1. The van der Waals surface area contributed by atoms with Gasteiger partial charge in [0.25, 0.3) is 0 Å². The van der Waals surface area contributed by atoms with Gasteiger partial charge in [0.2, 0.25) is 0 Å². The molecule has 0 bridgehead atoms. The first-order valence-electron chi connectivity index (χ1n) is 4.69. The molecule has 2 nitrogen and oxygen atoms in total. The van der Waals surface area contributed by atoms with Crippen LogP contribution in [-0.4, -0.2) is 7.05 Å². The molecule has 0 saturated carbocycles. The Balaban J connectivity index is 2.36. The van der Waals surface area contributed by atoms with Gasteiger partial charge >= 0.3 is 0 Å². The average Bonchev–Trinajstić information content (AvgIpc) is 2.79. The Hall–Kier alpha value is -0.770. The van der Waals surface area contributed by atoms with E-state index in [0.29, 0.717) is 5.22 Å². The number of hydrogen-bond donors (Lipinski definition) is 1. The third-order valence-electron chi connectivity index (χ3n) is 2.38. The van der Waals surface area contributed by atoms with Gasteiger partial charge < -0.3 is 9.73 Å². The lowest BCUT2D eigenvalue weighted by Crippen LogP contribution is -2.17.